The number of ether oxygens (including phenoxy) is 2. The zero-order valence-electron chi connectivity index (χ0n) is 52.4. The Morgan fingerprint density at radius 1 is 0.420 bits per heavy atom. The number of unbranched alkanes of at least 4 members (excludes halogenated alkanes) is 31. The van der Waals surface area contributed by atoms with Crippen molar-refractivity contribution in [3.8, 4) is 0 Å². The Bertz CT molecular complexity index is 1890. The van der Waals surface area contributed by atoms with E-state index in [1.165, 1.54) is 128 Å². The molecule has 26 nitrogen and oxygen atoms in total. The zero-order chi connectivity index (χ0) is 65.2. The Morgan fingerprint density at radius 3 is 1.15 bits per heavy atom. The van der Waals surface area contributed by atoms with Crippen LogP contribution in [0.3, 0.4) is 0 Å². The number of carbonyl (C=O) groups excluding carboxylic acids is 1. The van der Waals surface area contributed by atoms with Crippen LogP contribution < -0.4 is 15.1 Å². The number of aliphatic hydroxyl groups is 14. The second-order valence-corrected chi connectivity index (χ2v) is 27.6. The van der Waals surface area contributed by atoms with Crippen LogP contribution in [0.15, 0.2) is 0 Å². The minimum atomic E-state index is -5.84. The van der Waals surface area contributed by atoms with Gasteiger partial charge < -0.3 is 114 Å². The molecule has 0 bridgehead atoms. The summed E-state index contributed by atoms with van der Waals surface area (Å²) >= 11 is 0. The van der Waals surface area contributed by atoms with Gasteiger partial charge in [0.25, 0.3) is 15.6 Å². The van der Waals surface area contributed by atoms with Crippen LogP contribution in [-0.2, 0) is 41.5 Å². The molecule has 2 aliphatic carbocycles. The first kappa shape index (κ1) is 81.3. The highest BCUT2D eigenvalue weighted by Crippen LogP contribution is 2.46. The van der Waals surface area contributed by atoms with Crippen molar-refractivity contribution >= 4 is 21.6 Å². The molecule has 0 aromatic rings. The number of rotatable bonds is 50. The molecule has 3 aliphatic rings. The molecule has 0 aromatic heterocycles. The lowest BCUT2D eigenvalue weighted by atomic mass is 9.84. The fourth-order valence-corrected chi connectivity index (χ4v) is 13.5. The fourth-order valence-electron chi connectivity index (χ4n) is 11.6. The molecule has 1 heterocycles. The van der Waals surface area contributed by atoms with Gasteiger partial charge in [0.2, 0.25) is 5.91 Å². The summed E-state index contributed by atoms with van der Waals surface area (Å²) in [7, 11) is -11.6. The highest BCUT2D eigenvalue weighted by atomic mass is 31.2. The first-order chi connectivity index (χ1) is 41.9. The number of aliphatic hydroxyl groups excluding tert-OH is 14. The summed E-state index contributed by atoms with van der Waals surface area (Å²) in [6, 6.07) is -1.46. The molecule has 1 saturated heterocycles. The maximum absolute atomic E-state index is 13.7. The van der Waals surface area contributed by atoms with Gasteiger partial charge in [-0.15, -0.1) is 0 Å². The van der Waals surface area contributed by atoms with Crippen molar-refractivity contribution < 1.29 is 123 Å². The Balaban J connectivity index is 1.59. The average Bonchev–Trinajstić information content (AvgIpc) is 2.21. The molecule has 4 unspecified atom stereocenters. The van der Waals surface area contributed by atoms with E-state index in [-0.39, 0.29) is 12.8 Å². The van der Waals surface area contributed by atoms with E-state index in [0.29, 0.717) is 12.8 Å². The van der Waals surface area contributed by atoms with E-state index < -0.39 is 157 Å². The van der Waals surface area contributed by atoms with Crippen molar-refractivity contribution in [2.45, 2.75) is 361 Å². The predicted octanol–water partition coefficient (Wildman–Crippen LogP) is 3.09. The monoisotopic (exact) mass is 1310 g/mol. The van der Waals surface area contributed by atoms with Crippen LogP contribution in [0.2, 0.25) is 0 Å². The summed E-state index contributed by atoms with van der Waals surface area (Å²) in [5.41, 5.74) is 0. The van der Waals surface area contributed by atoms with Gasteiger partial charge in [0.05, 0.1) is 25.4 Å². The van der Waals surface area contributed by atoms with Gasteiger partial charge in [0.15, 0.2) is 6.29 Å². The van der Waals surface area contributed by atoms with Crippen LogP contribution in [-0.4, -0.2) is 213 Å². The topological polar surface area (TPSA) is 448 Å². The summed E-state index contributed by atoms with van der Waals surface area (Å²) in [5, 5.41) is 151. The van der Waals surface area contributed by atoms with Crippen molar-refractivity contribution in [1.29, 1.82) is 0 Å². The zero-order valence-corrected chi connectivity index (χ0v) is 54.1. The number of phosphoric acid groups is 2. The molecular weight excluding hydrogens is 1200 g/mol. The van der Waals surface area contributed by atoms with Crippen LogP contribution >= 0.6 is 15.6 Å². The third-order valence-electron chi connectivity index (χ3n) is 17.4. The van der Waals surface area contributed by atoms with Crippen LogP contribution in [0.5, 0.6) is 0 Å². The third-order valence-corrected chi connectivity index (χ3v) is 19.4. The maximum Gasteiger partial charge on any atom is 0.268 e. The Hall–Kier alpha value is -0.950. The van der Waals surface area contributed by atoms with Gasteiger partial charge in [-0.1, -0.05) is 226 Å². The quantitative estimate of drug-likeness (QED) is 0.0307. The molecule has 2 saturated carbocycles. The molecule has 0 radical (unpaired) electrons. The van der Waals surface area contributed by atoms with Crippen molar-refractivity contribution in [1.82, 2.24) is 5.32 Å². The van der Waals surface area contributed by atoms with Crippen LogP contribution in [0, 0.1) is 0 Å². The molecule has 0 aromatic carbocycles. The number of hydrogen-bond acceptors (Lipinski definition) is 25. The standard InChI is InChI=1S/C60H117NO25P2/c1-3-5-7-9-11-13-15-17-18-19-20-21-22-23-25-27-29-31-33-35-37-42(63)59(76)61-40(41(62)36-34-32-30-28-26-24-16-14-12-10-8-6-4-2)38-81-87(77,78)86-58-54(74)50(70)49(69)53(73)57(58)84-60-55(75)45(65)44(64)43(83-60)39-82-88(79,80)85-56-51(71)47(67)46(66)48(68)52(56)72/h40-58,60,62-75H,3-39H2,1-2H3,(H,61,76)(H,77,78)(H,79,80)/p-2/t40-,41+,42-,43+,44+,45-,46?,47-,48+,49+,50+,51+,52+,53-,54+,55-,56?,57+,58+,60-/m0/s1. The SMILES string of the molecule is CCCCCCCCCCCCCCCCCCCCCC[C@H](O)C(=O)N[C@@H](COP(=O)([O-])O[C@@H]1[C@H](O)[C@H](O)[C@@H](O)[C@H](O)[C@H]1O[C@@H]1O[C@H](COP(=O)([O-])OC2[C@H](O)[C@H](O)C(O)[C@H](O)[C@H]2O)[C@@H](O)[C@H](O)[C@@H]1O)[C@H](O)CCCCCCCCCCCCCCC. The van der Waals surface area contributed by atoms with Gasteiger partial charge in [-0.05, 0) is 12.8 Å². The lowest BCUT2D eigenvalue weighted by Crippen LogP contribution is -2.67. The number of phosphoric ester groups is 2. The van der Waals surface area contributed by atoms with Crippen molar-refractivity contribution in [2.75, 3.05) is 13.2 Å². The van der Waals surface area contributed by atoms with E-state index in [1.807, 2.05) is 0 Å². The van der Waals surface area contributed by atoms with Crippen molar-refractivity contribution in [3.63, 3.8) is 0 Å². The number of nitrogens with one attached hydrogen (secondary N) is 1. The summed E-state index contributed by atoms with van der Waals surface area (Å²) in [6.07, 6.45) is -4.05. The maximum atomic E-state index is 13.7. The molecule has 3 rings (SSSR count). The van der Waals surface area contributed by atoms with Gasteiger partial charge >= 0.3 is 0 Å². The van der Waals surface area contributed by atoms with E-state index in [4.69, 9.17) is 23.0 Å². The highest BCUT2D eigenvalue weighted by Gasteiger charge is 2.55. The van der Waals surface area contributed by atoms with Crippen LogP contribution in [0.1, 0.15) is 239 Å². The van der Waals surface area contributed by atoms with E-state index in [2.05, 4.69) is 23.7 Å². The van der Waals surface area contributed by atoms with E-state index in [0.717, 1.165) is 70.6 Å². The Labute approximate surface area is 521 Å². The molecule has 522 valence electrons. The molecule has 1 aliphatic heterocycles. The van der Waals surface area contributed by atoms with Gasteiger partial charge in [0, 0.05) is 0 Å². The number of carbonyl (C=O) groups is 1. The second-order valence-electron chi connectivity index (χ2n) is 24.9. The largest absolute Gasteiger partial charge is 0.756 e. The number of hydrogen-bond donors (Lipinski definition) is 15. The van der Waals surface area contributed by atoms with Crippen molar-refractivity contribution in [2.24, 2.45) is 0 Å². The second kappa shape index (κ2) is 44.7. The molecule has 0 spiro atoms. The summed E-state index contributed by atoms with van der Waals surface area (Å²) in [6.45, 7) is 2.12. The van der Waals surface area contributed by atoms with Gasteiger partial charge in [-0.3, -0.25) is 13.9 Å². The molecular formula is C60H115NO25P2-2. The van der Waals surface area contributed by atoms with Crippen LogP contribution in [0.4, 0.5) is 0 Å². The lowest BCUT2D eigenvalue weighted by molar-refractivity contribution is -0.342. The average molecular weight is 1310 g/mol. The first-order valence-corrected chi connectivity index (χ1v) is 36.2. The minimum absolute atomic E-state index is 0.0841. The normalized spacial score (nSPS) is 31.9. The smallest absolute Gasteiger partial charge is 0.268 e. The third kappa shape index (κ3) is 29.8. The summed E-state index contributed by atoms with van der Waals surface area (Å²) in [4.78, 5) is 39.9. The van der Waals surface area contributed by atoms with E-state index in [1.54, 1.807) is 0 Å². The van der Waals surface area contributed by atoms with Gasteiger partial charge in [-0.2, -0.15) is 0 Å². The number of amides is 1. The lowest BCUT2D eigenvalue weighted by Gasteiger charge is -2.48. The van der Waals surface area contributed by atoms with Gasteiger partial charge in [0.1, 0.15) is 104 Å². The molecule has 15 N–H and O–H groups in total. The summed E-state index contributed by atoms with van der Waals surface area (Å²) < 4.78 is 57.1. The van der Waals surface area contributed by atoms with Crippen LogP contribution in [0.25, 0.3) is 0 Å². The molecule has 88 heavy (non-hydrogen) atoms. The molecule has 22 atom stereocenters. The van der Waals surface area contributed by atoms with E-state index >= 15 is 0 Å². The Kier molecular flexibility index (Phi) is 41.3. The molecule has 3 fully saturated rings. The van der Waals surface area contributed by atoms with Gasteiger partial charge in [-0.25, -0.2) is 0 Å². The summed E-state index contributed by atoms with van der Waals surface area (Å²) in [5.74, 6) is -0.899. The fraction of sp³-hybridized carbons (Fsp3) is 0.983. The minimum Gasteiger partial charge on any atom is -0.756 e. The Morgan fingerprint density at radius 2 is 0.739 bits per heavy atom. The molecule has 1 amide bonds. The van der Waals surface area contributed by atoms with E-state index in [9.17, 15) is 95.2 Å². The first-order valence-electron chi connectivity index (χ1n) is 33.3. The molecule has 28 heteroatoms. The highest BCUT2D eigenvalue weighted by molar-refractivity contribution is 7.46. The predicted molar refractivity (Wildman–Crippen MR) is 319 cm³/mol. The van der Waals surface area contributed by atoms with Crippen molar-refractivity contribution in [3.05, 3.63) is 0 Å².